The molecule has 0 spiro atoms. The van der Waals surface area contributed by atoms with Crippen molar-refractivity contribution in [3.63, 3.8) is 0 Å². The van der Waals surface area contributed by atoms with E-state index < -0.39 is 0 Å². The normalized spacial score (nSPS) is 7.60. The molecule has 6 aromatic carbocycles. The minimum absolute atomic E-state index is 0. The Morgan fingerprint density at radius 1 is 0.217 bits per heavy atom. The molecule has 60 heavy (non-hydrogen) atoms. The first-order chi connectivity index (χ1) is 27.7. The Kier molecular flexibility index (Phi) is 105. The summed E-state index contributed by atoms with van der Waals surface area (Å²) in [7, 11) is 0. The minimum atomic E-state index is 0. The van der Waals surface area contributed by atoms with Crippen molar-refractivity contribution in [1.82, 2.24) is 0 Å². The van der Waals surface area contributed by atoms with E-state index in [2.05, 4.69) is 36.4 Å². The van der Waals surface area contributed by atoms with Gasteiger partial charge in [-0.05, 0) is 55.4 Å². The van der Waals surface area contributed by atoms with Gasteiger partial charge in [0.05, 0.1) is 0 Å². The molecule has 0 saturated carbocycles. The summed E-state index contributed by atoms with van der Waals surface area (Å²) in [6.07, 6.45) is 0. The van der Waals surface area contributed by atoms with E-state index in [1.807, 2.05) is 237 Å². The third-order valence-electron chi connectivity index (χ3n) is 5.28. The molecule has 8 heteroatoms. The molecule has 0 fully saturated rings. The first-order valence-electron chi connectivity index (χ1n) is 19.4. The van der Waals surface area contributed by atoms with Crippen LogP contribution in [0.15, 0.2) is 182 Å². The van der Waals surface area contributed by atoms with Gasteiger partial charge in [-0.1, -0.05) is 0 Å². The molecule has 4 nitrogen and oxygen atoms in total. The predicted octanol–water partition coefficient (Wildman–Crippen LogP) is 7.09. The van der Waals surface area contributed by atoms with Crippen LogP contribution in [-0.4, -0.2) is 52.9 Å². The number of hydrogen-bond acceptors (Lipinski definition) is 4. The van der Waals surface area contributed by atoms with Crippen LogP contribution in [0.25, 0.3) is 0 Å². The van der Waals surface area contributed by atoms with Gasteiger partial charge in [-0.3, -0.25) is 0 Å². The molecule has 0 aliphatic rings. The van der Waals surface area contributed by atoms with Crippen LogP contribution in [0.1, 0.15) is 55.4 Å². The number of hydrogen-bond donors (Lipinski definition) is 0. The number of rotatable bonds is 8. The Morgan fingerprint density at radius 3 is 0.333 bits per heavy atom. The fourth-order valence-corrected chi connectivity index (χ4v) is 2.87. The Balaban J connectivity index is -0.0000000830. The maximum atomic E-state index is 4.83. The van der Waals surface area contributed by atoms with Gasteiger partial charge in [-0.2, -0.15) is 218 Å². The summed E-state index contributed by atoms with van der Waals surface area (Å²) in [5, 5.41) is 0. The van der Waals surface area contributed by atoms with Crippen molar-refractivity contribution >= 4 is 0 Å². The molecule has 0 saturated heterocycles. The zero-order chi connectivity index (χ0) is 41.9. The molecule has 318 valence electrons. The molecule has 0 unspecified atom stereocenters. The van der Waals surface area contributed by atoms with Crippen LogP contribution in [0.5, 0.6) is 0 Å². The Hall–Kier alpha value is -2.61. The monoisotopic (exact) mass is 882 g/mol. The topological polar surface area (TPSA) is 36.9 Å². The Bertz CT molecular complexity index is 884. The zero-order valence-electron chi connectivity index (χ0n) is 38.4. The molecule has 0 bridgehead atoms. The maximum absolute atomic E-state index is 4.83. The van der Waals surface area contributed by atoms with Gasteiger partial charge in [-0.15, -0.1) is 0 Å². The van der Waals surface area contributed by atoms with Crippen molar-refractivity contribution in [2.75, 3.05) is 52.9 Å². The first kappa shape index (κ1) is 74.8. The van der Waals surface area contributed by atoms with Gasteiger partial charge in [0.15, 0.2) is 0 Å². The van der Waals surface area contributed by atoms with E-state index in [0.717, 1.165) is 52.9 Å². The summed E-state index contributed by atoms with van der Waals surface area (Å²) in [6, 6.07) is 75.0. The molecule has 0 aromatic heterocycles. The van der Waals surface area contributed by atoms with Gasteiger partial charge in [0, 0.05) is 52.9 Å². The van der Waals surface area contributed by atoms with Crippen molar-refractivity contribution in [2.45, 2.75) is 55.4 Å². The molecule has 0 aliphatic carbocycles. The molecular formula is C52H70Li2Mn2O4. The third kappa shape index (κ3) is 95.7. The van der Waals surface area contributed by atoms with Crippen LogP contribution < -0.4 is 37.7 Å². The standard InChI is InChI=1S/6C6H5.4C4H10O.2Li.2Mn/c6*1-2-4-6-5-3-1;4*1-3-5-4-2;;;;/h6*1-5H;4*3-4H2,1-2H3;;;;/q6*-1;;;;;2*+1;2*+2. The fourth-order valence-electron chi connectivity index (χ4n) is 2.87. The van der Waals surface area contributed by atoms with Crippen LogP contribution in [0.3, 0.4) is 0 Å². The van der Waals surface area contributed by atoms with E-state index in [-0.39, 0.29) is 71.9 Å². The van der Waals surface area contributed by atoms with Crippen LogP contribution >= 0.6 is 0 Å². The largest absolute Gasteiger partial charge is 2.00 e. The summed E-state index contributed by atoms with van der Waals surface area (Å²) in [6.45, 7) is 22.7. The van der Waals surface area contributed by atoms with Crippen molar-refractivity contribution in [3.05, 3.63) is 218 Å². The quantitative estimate of drug-likeness (QED) is 0.121. The second-order valence-corrected chi connectivity index (χ2v) is 9.59. The van der Waals surface area contributed by atoms with Crippen molar-refractivity contribution in [3.8, 4) is 0 Å². The van der Waals surface area contributed by atoms with Crippen molar-refractivity contribution < 1.29 is 90.8 Å². The van der Waals surface area contributed by atoms with E-state index in [9.17, 15) is 0 Å². The van der Waals surface area contributed by atoms with Gasteiger partial charge in [0.1, 0.15) is 0 Å². The second-order valence-electron chi connectivity index (χ2n) is 9.59. The Labute approximate surface area is 414 Å². The molecule has 0 amide bonds. The summed E-state index contributed by atoms with van der Waals surface area (Å²) in [5.41, 5.74) is 0. The average molecular weight is 883 g/mol. The zero-order valence-corrected chi connectivity index (χ0v) is 40.7. The number of ether oxygens (including phenoxy) is 4. The SMILES string of the molecule is CCOCC.CCOCC.CCOCC.CCOCC.[Li+].[Li+].[Mn+2].[Mn+2].[c-]1ccccc1.[c-]1ccccc1.[c-]1ccccc1.[c-]1ccccc1.[c-]1ccccc1.[c-]1ccccc1. The van der Waals surface area contributed by atoms with E-state index in [4.69, 9.17) is 18.9 Å². The Morgan fingerprint density at radius 2 is 0.317 bits per heavy atom. The molecule has 2 radical (unpaired) electrons. The van der Waals surface area contributed by atoms with Crippen LogP contribution in [0.2, 0.25) is 0 Å². The summed E-state index contributed by atoms with van der Waals surface area (Å²) < 4.78 is 19.3. The smallest absolute Gasteiger partial charge is 0.382 e. The molecule has 6 rings (SSSR count). The fraction of sp³-hybridized carbons (Fsp3) is 0.308. The number of benzene rings is 6. The minimum Gasteiger partial charge on any atom is -0.382 e. The van der Waals surface area contributed by atoms with E-state index in [0.29, 0.717) is 0 Å². The first-order valence-corrected chi connectivity index (χ1v) is 19.4. The average Bonchev–Trinajstić information content (AvgIpc) is 3.30. The van der Waals surface area contributed by atoms with Crippen LogP contribution in [0, 0.1) is 36.4 Å². The predicted molar refractivity (Wildman–Crippen MR) is 240 cm³/mol. The van der Waals surface area contributed by atoms with Gasteiger partial charge in [0.25, 0.3) is 0 Å². The van der Waals surface area contributed by atoms with Crippen molar-refractivity contribution in [2.24, 2.45) is 0 Å². The van der Waals surface area contributed by atoms with E-state index in [1.165, 1.54) is 0 Å². The van der Waals surface area contributed by atoms with Crippen LogP contribution in [0.4, 0.5) is 0 Å². The molecule has 0 aliphatic heterocycles. The summed E-state index contributed by atoms with van der Waals surface area (Å²) in [5.74, 6) is 0. The van der Waals surface area contributed by atoms with Gasteiger partial charge < -0.3 is 18.9 Å². The molecule has 6 aromatic rings. The third-order valence-corrected chi connectivity index (χ3v) is 5.28. The van der Waals surface area contributed by atoms with E-state index >= 15 is 0 Å². The summed E-state index contributed by atoms with van der Waals surface area (Å²) >= 11 is 0. The molecule has 0 N–H and O–H groups in total. The molecular weight excluding hydrogens is 812 g/mol. The van der Waals surface area contributed by atoms with Crippen LogP contribution in [-0.2, 0) is 53.1 Å². The molecule has 0 heterocycles. The van der Waals surface area contributed by atoms with Gasteiger partial charge in [0.2, 0.25) is 0 Å². The molecule has 0 atom stereocenters. The van der Waals surface area contributed by atoms with Gasteiger partial charge in [-0.25, -0.2) is 0 Å². The van der Waals surface area contributed by atoms with Gasteiger partial charge >= 0.3 is 71.9 Å². The summed E-state index contributed by atoms with van der Waals surface area (Å²) in [4.78, 5) is 0. The van der Waals surface area contributed by atoms with Crippen molar-refractivity contribution in [1.29, 1.82) is 0 Å². The second kappa shape index (κ2) is 84.0. The van der Waals surface area contributed by atoms with E-state index in [1.54, 1.807) is 0 Å². The maximum Gasteiger partial charge on any atom is 2.00 e.